The van der Waals surface area contributed by atoms with Crippen LogP contribution in [0, 0.1) is 24.2 Å². The smallest absolute Gasteiger partial charge is 0.308 e. The van der Waals surface area contributed by atoms with Crippen LogP contribution in [-0.2, 0) is 11.2 Å². The molecule has 0 fully saturated rings. The summed E-state index contributed by atoms with van der Waals surface area (Å²) in [6.07, 6.45) is 0.343. The van der Waals surface area contributed by atoms with Crippen LogP contribution in [0.15, 0.2) is 48.5 Å². The number of rotatable bonds is 6. The molecule has 1 atom stereocenters. The molecule has 0 aliphatic carbocycles. The van der Waals surface area contributed by atoms with E-state index >= 15 is 0 Å². The van der Waals surface area contributed by atoms with Crippen molar-refractivity contribution in [2.24, 2.45) is 5.92 Å². The van der Waals surface area contributed by atoms with Crippen molar-refractivity contribution < 1.29 is 14.7 Å². The van der Waals surface area contributed by atoms with Crippen LogP contribution in [0.25, 0.3) is 0 Å². The normalized spacial score (nSPS) is 11.3. The van der Waals surface area contributed by atoms with E-state index in [1.54, 1.807) is 18.2 Å². The number of carbonyl (C=O) groups excluding carboxylic acids is 1. The summed E-state index contributed by atoms with van der Waals surface area (Å²) in [6, 6.07) is 15.9. The Balaban J connectivity index is 2.02. The summed E-state index contributed by atoms with van der Waals surface area (Å²) < 4.78 is 0. The number of nitrogens with zero attached hydrogens (tertiary/aromatic N) is 1. The quantitative estimate of drug-likeness (QED) is 0.855. The van der Waals surface area contributed by atoms with Crippen LogP contribution in [-0.4, -0.2) is 23.5 Å². The number of carboxylic acids is 1. The number of hydrogen-bond acceptors (Lipinski definition) is 3. The highest BCUT2D eigenvalue weighted by Crippen LogP contribution is 2.11. The van der Waals surface area contributed by atoms with Crippen LogP contribution in [0.4, 0.5) is 0 Å². The van der Waals surface area contributed by atoms with Gasteiger partial charge in [0.05, 0.1) is 17.6 Å². The van der Waals surface area contributed by atoms with E-state index in [1.165, 1.54) is 6.07 Å². The summed E-state index contributed by atoms with van der Waals surface area (Å²) in [6.45, 7) is 1.97. The first-order chi connectivity index (χ1) is 11.5. The Labute approximate surface area is 140 Å². The van der Waals surface area contributed by atoms with Crippen molar-refractivity contribution in [3.8, 4) is 6.07 Å². The second-order valence-electron chi connectivity index (χ2n) is 5.63. The fourth-order valence-corrected chi connectivity index (χ4v) is 2.42. The van der Waals surface area contributed by atoms with Crippen LogP contribution >= 0.6 is 0 Å². The van der Waals surface area contributed by atoms with E-state index in [9.17, 15) is 14.7 Å². The van der Waals surface area contributed by atoms with Crippen LogP contribution in [0.2, 0.25) is 0 Å². The third kappa shape index (κ3) is 4.68. The molecular formula is C19H18N2O3. The largest absolute Gasteiger partial charge is 0.481 e. The van der Waals surface area contributed by atoms with Gasteiger partial charge in [0.2, 0.25) is 0 Å². The maximum absolute atomic E-state index is 12.1. The average molecular weight is 322 g/mol. The summed E-state index contributed by atoms with van der Waals surface area (Å²) in [7, 11) is 0. The van der Waals surface area contributed by atoms with E-state index in [-0.39, 0.29) is 12.5 Å². The maximum atomic E-state index is 12.1. The molecule has 0 saturated carbocycles. The molecular weight excluding hydrogens is 304 g/mol. The van der Waals surface area contributed by atoms with E-state index in [0.29, 0.717) is 17.5 Å². The number of amides is 1. The fraction of sp³-hybridized carbons (Fsp3) is 0.211. The minimum absolute atomic E-state index is 0.0267. The minimum atomic E-state index is -0.956. The Morgan fingerprint density at radius 3 is 2.62 bits per heavy atom. The highest BCUT2D eigenvalue weighted by Gasteiger charge is 2.19. The Morgan fingerprint density at radius 1 is 1.21 bits per heavy atom. The van der Waals surface area contributed by atoms with Crippen molar-refractivity contribution in [3.63, 3.8) is 0 Å². The van der Waals surface area contributed by atoms with Gasteiger partial charge in [-0.25, -0.2) is 0 Å². The summed E-state index contributed by atoms with van der Waals surface area (Å²) >= 11 is 0. The molecule has 5 nitrogen and oxygen atoms in total. The van der Waals surface area contributed by atoms with Crippen molar-refractivity contribution in [2.75, 3.05) is 6.54 Å². The maximum Gasteiger partial charge on any atom is 0.308 e. The van der Waals surface area contributed by atoms with Gasteiger partial charge in [-0.15, -0.1) is 0 Å². The monoisotopic (exact) mass is 322 g/mol. The molecule has 0 bridgehead atoms. The van der Waals surface area contributed by atoms with E-state index in [0.717, 1.165) is 11.1 Å². The van der Waals surface area contributed by atoms with Crippen molar-refractivity contribution in [2.45, 2.75) is 13.3 Å². The lowest BCUT2D eigenvalue weighted by atomic mass is 9.98. The topological polar surface area (TPSA) is 90.2 Å². The van der Waals surface area contributed by atoms with Gasteiger partial charge in [0.15, 0.2) is 0 Å². The molecule has 0 aliphatic heterocycles. The van der Waals surface area contributed by atoms with Crippen molar-refractivity contribution >= 4 is 11.9 Å². The molecule has 0 radical (unpaired) electrons. The highest BCUT2D eigenvalue weighted by atomic mass is 16.4. The second kappa shape index (κ2) is 7.93. The first kappa shape index (κ1) is 17.2. The van der Waals surface area contributed by atoms with Gasteiger partial charge in [0.1, 0.15) is 0 Å². The fourth-order valence-electron chi connectivity index (χ4n) is 2.42. The Kier molecular flexibility index (Phi) is 5.69. The molecule has 1 amide bonds. The number of hydrogen-bond donors (Lipinski definition) is 2. The Morgan fingerprint density at radius 2 is 1.96 bits per heavy atom. The molecule has 0 aromatic heterocycles. The molecule has 0 heterocycles. The molecule has 0 saturated heterocycles. The third-order valence-electron chi connectivity index (χ3n) is 3.68. The third-order valence-corrected chi connectivity index (χ3v) is 3.68. The van der Waals surface area contributed by atoms with Crippen molar-refractivity contribution in [1.29, 1.82) is 5.26 Å². The molecule has 2 rings (SSSR count). The Bertz CT molecular complexity index is 793. The number of nitriles is 1. The minimum Gasteiger partial charge on any atom is -0.481 e. The number of nitrogens with one attached hydrogen (secondary N) is 1. The van der Waals surface area contributed by atoms with Crippen LogP contribution in [0.1, 0.15) is 27.0 Å². The first-order valence-electron chi connectivity index (χ1n) is 7.56. The molecule has 1 unspecified atom stereocenters. The second-order valence-corrected chi connectivity index (χ2v) is 5.63. The molecule has 122 valence electrons. The first-order valence-corrected chi connectivity index (χ1v) is 7.56. The van der Waals surface area contributed by atoms with Crippen LogP contribution in [0.5, 0.6) is 0 Å². The lowest BCUT2D eigenvalue weighted by Gasteiger charge is -2.14. The summed E-state index contributed by atoms with van der Waals surface area (Å²) in [5.74, 6) is -2.06. The van der Waals surface area contributed by atoms with E-state index in [2.05, 4.69) is 5.32 Å². The number of benzene rings is 2. The van der Waals surface area contributed by atoms with Crippen LogP contribution < -0.4 is 5.32 Å². The van der Waals surface area contributed by atoms with Gasteiger partial charge in [0.25, 0.3) is 5.91 Å². The summed E-state index contributed by atoms with van der Waals surface area (Å²) in [5, 5.41) is 20.9. The standard InChI is InChI=1S/C19H18N2O3/c1-13-4-2-5-14(8-13)9-17(19(23)24)12-21-18(22)16-7-3-6-15(10-16)11-20/h2-8,10,17H,9,12H2,1H3,(H,21,22)(H,23,24). The van der Waals surface area contributed by atoms with Gasteiger partial charge in [-0.2, -0.15) is 5.26 Å². The average Bonchev–Trinajstić information content (AvgIpc) is 2.58. The molecule has 0 aliphatic rings. The van der Waals surface area contributed by atoms with Gasteiger partial charge < -0.3 is 10.4 Å². The van der Waals surface area contributed by atoms with Gasteiger partial charge in [-0.1, -0.05) is 35.9 Å². The number of aryl methyl sites for hydroxylation is 1. The zero-order valence-corrected chi connectivity index (χ0v) is 13.3. The predicted octanol–water partition coefficient (Wildman–Crippen LogP) is 2.54. The SMILES string of the molecule is Cc1cccc(CC(CNC(=O)c2cccc(C#N)c2)C(=O)O)c1. The molecule has 5 heteroatoms. The van der Waals surface area contributed by atoms with Crippen LogP contribution in [0.3, 0.4) is 0 Å². The lowest BCUT2D eigenvalue weighted by Crippen LogP contribution is -2.34. The van der Waals surface area contributed by atoms with E-state index in [4.69, 9.17) is 5.26 Å². The van der Waals surface area contributed by atoms with Gasteiger partial charge in [0, 0.05) is 12.1 Å². The summed E-state index contributed by atoms with van der Waals surface area (Å²) in [4.78, 5) is 23.6. The molecule has 2 N–H and O–H groups in total. The predicted molar refractivity (Wildman–Crippen MR) is 89.5 cm³/mol. The zero-order chi connectivity index (χ0) is 17.5. The number of carboxylic acid groups (broad SMARTS) is 1. The van der Waals surface area contributed by atoms with Gasteiger partial charge in [-0.3, -0.25) is 9.59 Å². The highest BCUT2D eigenvalue weighted by molar-refractivity contribution is 5.94. The zero-order valence-electron chi connectivity index (χ0n) is 13.3. The Hall–Kier alpha value is -3.13. The van der Waals surface area contributed by atoms with E-state index < -0.39 is 11.9 Å². The van der Waals surface area contributed by atoms with Crippen molar-refractivity contribution in [1.82, 2.24) is 5.32 Å². The van der Waals surface area contributed by atoms with Gasteiger partial charge >= 0.3 is 5.97 Å². The summed E-state index contributed by atoms with van der Waals surface area (Å²) in [5.41, 5.74) is 2.71. The molecule has 24 heavy (non-hydrogen) atoms. The van der Waals surface area contributed by atoms with E-state index in [1.807, 2.05) is 37.3 Å². The number of carbonyl (C=O) groups is 2. The molecule has 0 spiro atoms. The van der Waals surface area contributed by atoms with Gasteiger partial charge in [-0.05, 0) is 37.1 Å². The lowest BCUT2D eigenvalue weighted by molar-refractivity contribution is -0.141. The molecule has 2 aromatic carbocycles. The molecule has 2 aromatic rings. The number of aliphatic carboxylic acids is 1. The van der Waals surface area contributed by atoms with Crippen molar-refractivity contribution in [3.05, 3.63) is 70.8 Å².